The summed E-state index contributed by atoms with van der Waals surface area (Å²) in [5.74, 6) is 1.24. The first kappa shape index (κ1) is 18.1. The maximum Gasteiger partial charge on any atom is 0.223 e. The highest BCUT2D eigenvalue weighted by molar-refractivity contribution is 7.18. The molecule has 1 N–H and O–H groups in total. The van der Waals surface area contributed by atoms with Crippen molar-refractivity contribution in [2.24, 2.45) is 0 Å². The van der Waals surface area contributed by atoms with Gasteiger partial charge in [0, 0.05) is 13.3 Å². The molecule has 0 spiro atoms. The van der Waals surface area contributed by atoms with Crippen molar-refractivity contribution in [3.63, 3.8) is 0 Å². The molecule has 0 aliphatic heterocycles. The quantitative estimate of drug-likeness (QED) is 0.615. The third-order valence-corrected chi connectivity index (χ3v) is 6.27. The molecule has 6 nitrogen and oxygen atoms in total. The third-order valence-electron chi connectivity index (χ3n) is 5.17. The Kier molecular flexibility index (Phi) is 5.20. The number of nitrogens with zero attached hydrogens (tertiary/aromatic N) is 3. The molecule has 2 aromatic heterocycles. The van der Waals surface area contributed by atoms with Gasteiger partial charge in [-0.2, -0.15) is 4.98 Å². The van der Waals surface area contributed by atoms with Crippen LogP contribution >= 0.6 is 11.3 Å². The van der Waals surface area contributed by atoms with Gasteiger partial charge in [-0.05, 0) is 44.2 Å². The Balaban J connectivity index is 1.28. The van der Waals surface area contributed by atoms with Crippen LogP contribution in [0, 0.1) is 6.92 Å². The number of aromatic nitrogens is 3. The van der Waals surface area contributed by atoms with Crippen LogP contribution in [0.1, 0.15) is 61.7 Å². The maximum atomic E-state index is 12.5. The lowest BCUT2D eigenvalue weighted by Crippen LogP contribution is -2.44. The Morgan fingerprint density at radius 1 is 1.22 bits per heavy atom. The standard InChI is InChI=1S/C20H24N4O2S/c1-14-21-19(24-26-14)20(12-6-7-13-20)23-17(25)10-4-5-11-18-22-15-8-2-3-9-16(15)27-18/h2-3,8-9H,4-7,10-13H2,1H3,(H,23,25). The zero-order valence-corrected chi connectivity index (χ0v) is 16.3. The predicted octanol–water partition coefficient (Wildman–Crippen LogP) is 4.29. The molecule has 27 heavy (non-hydrogen) atoms. The van der Waals surface area contributed by atoms with Gasteiger partial charge in [0.15, 0.2) is 5.82 Å². The summed E-state index contributed by atoms with van der Waals surface area (Å²) in [7, 11) is 0. The number of unbranched alkanes of at least 4 members (excludes halogenated alkanes) is 1. The van der Waals surface area contributed by atoms with Crippen molar-refractivity contribution in [2.45, 2.75) is 63.8 Å². The molecule has 142 valence electrons. The largest absolute Gasteiger partial charge is 0.343 e. The molecular formula is C20H24N4O2S. The lowest BCUT2D eigenvalue weighted by atomic mass is 9.96. The van der Waals surface area contributed by atoms with Gasteiger partial charge in [0.2, 0.25) is 11.8 Å². The number of hydrogen-bond acceptors (Lipinski definition) is 6. The smallest absolute Gasteiger partial charge is 0.223 e. The van der Waals surface area contributed by atoms with E-state index in [1.54, 1.807) is 18.3 Å². The van der Waals surface area contributed by atoms with Crippen molar-refractivity contribution in [1.29, 1.82) is 0 Å². The molecule has 1 aliphatic carbocycles. The van der Waals surface area contributed by atoms with Gasteiger partial charge >= 0.3 is 0 Å². The summed E-state index contributed by atoms with van der Waals surface area (Å²) < 4.78 is 6.36. The summed E-state index contributed by atoms with van der Waals surface area (Å²) in [5.41, 5.74) is 0.621. The monoisotopic (exact) mass is 384 g/mol. The van der Waals surface area contributed by atoms with E-state index in [1.165, 1.54) is 4.70 Å². The van der Waals surface area contributed by atoms with Gasteiger partial charge in [-0.15, -0.1) is 11.3 Å². The fourth-order valence-electron chi connectivity index (χ4n) is 3.79. The van der Waals surface area contributed by atoms with Crippen LogP contribution in [-0.4, -0.2) is 21.0 Å². The molecule has 3 aromatic rings. The number of rotatable bonds is 7. The van der Waals surface area contributed by atoms with E-state index < -0.39 is 5.54 Å². The van der Waals surface area contributed by atoms with E-state index in [1.807, 2.05) is 18.2 Å². The van der Waals surface area contributed by atoms with Gasteiger partial charge in [-0.1, -0.05) is 30.1 Å². The molecule has 0 radical (unpaired) electrons. The van der Waals surface area contributed by atoms with E-state index in [0.717, 1.165) is 55.5 Å². The minimum Gasteiger partial charge on any atom is -0.343 e. The van der Waals surface area contributed by atoms with Crippen LogP contribution < -0.4 is 5.32 Å². The van der Waals surface area contributed by atoms with Gasteiger partial charge < -0.3 is 9.84 Å². The van der Waals surface area contributed by atoms with E-state index in [0.29, 0.717) is 18.1 Å². The van der Waals surface area contributed by atoms with E-state index >= 15 is 0 Å². The summed E-state index contributed by atoms with van der Waals surface area (Å²) in [6, 6.07) is 8.20. The fraction of sp³-hybridized carbons (Fsp3) is 0.500. The van der Waals surface area contributed by atoms with Crippen LogP contribution in [0.25, 0.3) is 10.2 Å². The number of amides is 1. The number of aryl methyl sites for hydroxylation is 2. The number of thiazole rings is 1. The van der Waals surface area contributed by atoms with E-state index in [-0.39, 0.29) is 5.91 Å². The highest BCUT2D eigenvalue weighted by Crippen LogP contribution is 2.37. The molecule has 0 saturated heterocycles. The summed E-state index contributed by atoms with van der Waals surface area (Å²) >= 11 is 1.74. The third kappa shape index (κ3) is 4.03. The van der Waals surface area contributed by atoms with Crippen molar-refractivity contribution < 1.29 is 9.32 Å². The highest BCUT2D eigenvalue weighted by atomic mass is 32.1. The first-order valence-electron chi connectivity index (χ1n) is 9.61. The maximum absolute atomic E-state index is 12.5. The molecular weight excluding hydrogens is 360 g/mol. The normalized spacial score (nSPS) is 16.0. The van der Waals surface area contributed by atoms with Crippen LogP contribution in [0.2, 0.25) is 0 Å². The zero-order chi connectivity index (χ0) is 18.7. The highest BCUT2D eigenvalue weighted by Gasteiger charge is 2.40. The average molecular weight is 385 g/mol. The minimum atomic E-state index is -0.443. The molecule has 2 heterocycles. The van der Waals surface area contributed by atoms with Gasteiger partial charge in [0.25, 0.3) is 0 Å². The number of carbonyl (C=O) groups is 1. The van der Waals surface area contributed by atoms with E-state index in [2.05, 4.69) is 26.5 Å². The molecule has 0 atom stereocenters. The topological polar surface area (TPSA) is 80.9 Å². The fourth-order valence-corrected chi connectivity index (χ4v) is 4.80. The van der Waals surface area contributed by atoms with Crippen molar-refractivity contribution in [3.05, 3.63) is 41.0 Å². The average Bonchev–Trinajstić information content (AvgIpc) is 3.38. The number of benzene rings is 1. The Hall–Kier alpha value is -2.28. The molecule has 1 saturated carbocycles. The predicted molar refractivity (Wildman–Crippen MR) is 104 cm³/mol. The van der Waals surface area contributed by atoms with Crippen LogP contribution in [-0.2, 0) is 16.8 Å². The first-order valence-corrected chi connectivity index (χ1v) is 10.4. The Morgan fingerprint density at radius 2 is 2.04 bits per heavy atom. The van der Waals surface area contributed by atoms with Gasteiger partial charge in [0.1, 0.15) is 5.54 Å². The number of para-hydroxylation sites is 1. The van der Waals surface area contributed by atoms with Crippen molar-refractivity contribution in [2.75, 3.05) is 0 Å². The lowest BCUT2D eigenvalue weighted by Gasteiger charge is -2.26. The molecule has 7 heteroatoms. The minimum absolute atomic E-state index is 0.0728. The second kappa shape index (κ2) is 7.76. The van der Waals surface area contributed by atoms with Gasteiger partial charge in [-0.25, -0.2) is 4.98 Å². The number of carbonyl (C=O) groups excluding carboxylic acids is 1. The SMILES string of the molecule is Cc1nc(C2(NC(=O)CCCCc3nc4ccccc4s3)CCCC2)no1. The Morgan fingerprint density at radius 3 is 2.78 bits per heavy atom. The molecule has 1 aromatic carbocycles. The molecule has 1 aliphatic rings. The molecule has 0 unspecified atom stereocenters. The first-order chi connectivity index (χ1) is 13.1. The van der Waals surface area contributed by atoms with E-state index in [4.69, 9.17) is 4.52 Å². The molecule has 1 amide bonds. The van der Waals surface area contributed by atoms with Gasteiger partial charge in [0.05, 0.1) is 15.2 Å². The number of hydrogen-bond donors (Lipinski definition) is 1. The second-order valence-electron chi connectivity index (χ2n) is 7.26. The van der Waals surface area contributed by atoms with E-state index in [9.17, 15) is 4.79 Å². The van der Waals surface area contributed by atoms with Crippen molar-refractivity contribution in [1.82, 2.24) is 20.4 Å². The Bertz CT molecular complexity index is 894. The van der Waals surface area contributed by atoms with Crippen LogP contribution in [0.3, 0.4) is 0 Å². The molecule has 0 bridgehead atoms. The summed E-state index contributed by atoms with van der Waals surface area (Å²) in [6.45, 7) is 1.78. The van der Waals surface area contributed by atoms with Crippen molar-refractivity contribution >= 4 is 27.5 Å². The summed E-state index contributed by atoms with van der Waals surface area (Å²) in [6.07, 6.45) is 7.15. The summed E-state index contributed by atoms with van der Waals surface area (Å²) in [5, 5.41) is 8.42. The lowest BCUT2D eigenvalue weighted by molar-refractivity contribution is -0.123. The van der Waals surface area contributed by atoms with Gasteiger partial charge in [-0.3, -0.25) is 4.79 Å². The Labute approximate surface area is 162 Å². The number of nitrogens with one attached hydrogen (secondary N) is 1. The van der Waals surface area contributed by atoms with Crippen LogP contribution in [0.5, 0.6) is 0 Å². The number of fused-ring (bicyclic) bond motifs is 1. The van der Waals surface area contributed by atoms with Crippen LogP contribution in [0.15, 0.2) is 28.8 Å². The summed E-state index contributed by atoms with van der Waals surface area (Å²) in [4.78, 5) is 21.6. The molecule has 4 rings (SSSR count). The van der Waals surface area contributed by atoms with Crippen LogP contribution in [0.4, 0.5) is 0 Å². The molecule has 1 fully saturated rings. The zero-order valence-electron chi connectivity index (χ0n) is 15.5. The second-order valence-corrected chi connectivity index (χ2v) is 8.37. The van der Waals surface area contributed by atoms with Crippen molar-refractivity contribution in [3.8, 4) is 0 Å².